The van der Waals surface area contributed by atoms with Crippen molar-refractivity contribution in [1.82, 2.24) is 25.1 Å². The van der Waals surface area contributed by atoms with Gasteiger partial charge in [-0.2, -0.15) is 0 Å². The number of hydrogen-bond donors (Lipinski definition) is 1. The molecule has 0 saturated carbocycles. The lowest BCUT2D eigenvalue weighted by Crippen LogP contribution is -2.37. The van der Waals surface area contributed by atoms with Crippen molar-refractivity contribution in [3.8, 4) is 0 Å². The Kier molecular flexibility index (Phi) is 4.52. The quantitative estimate of drug-likeness (QED) is 0.821. The minimum absolute atomic E-state index is 0.378. The van der Waals surface area contributed by atoms with Crippen LogP contribution in [0.3, 0.4) is 0 Å². The molecular weight excluding hydrogens is 286 g/mol. The highest BCUT2D eigenvalue weighted by Gasteiger charge is 2.19. The molecule has 6 nitrogen and oxygen atoms in total. The predicted molar refractivity (Wildman–Crippen MR) is 81.0 cm³/mol. The summed E-state index contributed by atoms with van der Waals surface area (Å²) in [5, 5.41) is 22.2. The van der Waals surface area contributed by atoms with E-state index in [1.165, 1.54) is 22.9 Å². The van der Waals surface area contributed by atoms with Gasteiger partial charge in [-0.25, -0.2) is 4.68 Å². The highest BCUT2D eigenvalue weighted by atomic mass is 32.2. The number of thioether (sulfide) groups is 1. The van der Waals surface area contributed by atoms with Gasteiger partial charge >= 0.3 is 0 Å². The highest BCUT2D eigenvalue weighted by molar-refractivity contribution is 7.99. The summed E-state index contributed by atoms with van der Waals surface area (Å²) in [4.78, 5) is 2.31. The van der Waals surface area contributed by atoms with E-state index in [1.807, 2.05) is 0 Å². The third-order valence-electron chi connectivity index (χ3n) is 3.66. The maximum Gasteiger partial charge on any atom is 0.209 e. The van der Waals surface area contributed by atoms with E-state index in [0.29, 0.717) is 12.3 Å². The van der Waals surface area contributed by atoms with E-state index >= 15 is 0 Å². The second kappa shape index (κ2) is 6.55. The van der Waals surface area contributed by atoms with Crippen molar-refractivity contribution in [2.75, 3.05) is 18.8 Å². The van der Waals surface area contributed by atoms with Crippen LogP contribution in [0.25, 0.3) is 0 Å². The van der Waals surface area contributed by atoms with Crippen LogP contribution in [-0.2, 0) is 20.0 Å². The molecule has 1 aromatic carbocycles. The zero-order valence-electron chi connectivity index (χ0n) is 12.0. The molecular formula is C14H19N5OS. The van der Waals surface area contributed by atoms with Gasteiger partial charge in [0.05, 0.1) is 6.10 Å². The lowest BCUT2D eigenvalue weighted by Gasteiger charge is -2.30. The van der Waals surface area contributed by atoms with E-state index in [9.17, 15) is 5.11 Å². The Morgan fingerprint density at radius 2 is 2.14 bits per heavy atom. The monoisotopic (exact) mass is 305 g/mol. The first kappa shape index (κ1) is 14.5. The van der Waals surface area contributed by atoms with Gasteiger partial charge in [0.1, 0.15) is 0 Å². The van der Waals surface area contributed by atoms with Crippen LogP contribution in [0.15, 0.2) is 29.4 Å². The number of nitrogens with zero attached hydrogens (tertiary/aromatic N) is 5. The second-order valence-corrected chi connectivity index (χ2v) is 6.29. The fourth-order valence-electron chi connectivity index (χ4n) is 2.57. The minimum atomic E-state index is -0.378. The van der Waals surface area contributed by atoms with Gasteiger partial charge in [0.25, 0.3) is 0 Å². The molecule has 0 saturated heterocycles. The SMILES string of the molecule is Cn1nnnc1SCC(O)CN1CCc2ccccc2C1. The number of aliphatic hydroxyl groups excluding tert-OH is 1. The molecule has 0 aliphatic carbocycles. The van der Waals surface area contributed by atoms with E-state index in [4.69, 9.17) is 0 Å². The summed E-state index contributed by atoms with van der Waals surface area (Å²) in [6.45, 7) is 2.61. The summed E-state index contributed by atoms with van der Waals surface area (Å²) in [6, 6.07) is 8.54. The molecule has 1 aliphatic heterocycles. The molecule has 0 spiro atoms. The number of aliphatic hydroxyl groups is 1. The van der Waals surface area contributed by atoms with Gasteiger partial charge in [-0.15, -0.1) is 5.10 Å². The molecule has 0 radical (unpaired) electrons. The van der Waals surface area contributed by atoms with Crippen molar-refractivity contribution in [2.45, 2.75) is 24.2 Å². The second-order valence-electron chi connectivity index (χ2n) is 5.30. The third kappa shape index (κ3) is 3.61. The Morgan fingerprint density at radius 3 is 2.90 bits per heavy atom. The number of rotatable bonds is 5. The minimum Gasteiger partial charge on any atom is -0.391 e. The first-order valence-electron chi connectivity index (χ1n) is 7.05. The Labute approximate surface area is 128 Å². The number of hydrogen-bond acceptors (Lipinski definition) is 6. The van der Waals surface area contributed by atoms with Crippen LogP contribution in [0.2, 0.25) is 0 Å². The van der Waals surface area contributed by atoms with Crippen LogP contribution in [0, 0.1) is 0 Å². The molecule has 2 aromatic rings. The Hall–Kier alpha value is -1.44. The van der Waals surface area contributed by atoms with Crippen molar-refractivity contribution >= 4 is 11.8 Å². The number of tetrazole rings is 1. The number of benzene rings is 1. The van der Waals surface area contributed by atoms with Crippen molar-refractivity contribution < 1.29 is 5.11 Å². The van der Waals surface area contributed by atoms with Crippen molar-refractivity contribution in [3.63, 3.8) is 0 Å². The molecule has 1 N–H and O–H groups in total. The summed E-state index contributed by atoms with van der Waals surface area (Å²) in [7, 11) is 1.80. The van der Waals surface area contributed by atoms with Gasteiger partial charge in [0.2, 0.25) is 5.16 Å². The summed E-state index contributed by atoms with van der Waals surface area (Å²) in [6.07, 6.45) is 0.681. The van der Waals surface area contributed by atoms with Gasteiger partial charge < -0.3 is 5.11 Å². The smallest absolute Gasteiger partial charge is 0.209 e. The fourth-order valence-corrected chi connectivity index (χ4v) is 3.34. The molecule has 1 aromatic heterocycles. The van der Waals surface area contributed by atoms with Crippen LogP contribution in [0.5, 0.6) is 0 Å². The lowest BCUT2D eigenvalue weighted by atomic mass is 10.00. The topological polar surface area (TPSA) is 67.1 Å². The summed E-state index contributed by atoms with van der Waals surface area (Å²) >= 11 is 1.49. The molecule has 0 fully saturated rings. The third-order valence-corrected chi connectivity index (χ3v) is 4.82. The zero-order chi connectivity index (χ0) is 14.7. The van der Waals surface area contributed by atoms with E-state index < -0.39 is 0 Å². The first-order chi connectivity index (χ1) is 10.2. The molecule has 2 heterocycles. The summed E-state index contributed by atoms with van der Waals surface area (Å²) < 4.78 is 1.62. The normalized spacial score (nSPS) is 16.7. The summed E-state index contributed by atoms with van der Waals surface area (Å²) in [5.74, 6) is 0.604. The maximum atomic E-state index is 10.2. The van der Waals surface area contributed by atoms with Crippen LogP contribution < -0.4 is 0 Å². The van der Waals surface area contributed by atoms with Gasteiger partial charge in [-0.05, 0) is 28.0 Å². The molecule has 0 bridgehead atoms. The molecule has 7 heteroatoms. The van der Waals surface area contributed by atoms with Gasteiger partial charge in [0.15, 0.2) is 0 Å². The first-order valence-corrected chi connectivity index (χ1v) is 8.03. The van der Waals surface area contributed by atoms with Crippen LogP contribution in [0.4, 0.5) is 0 Å². The molecule has 1 unspecified atom stereocenters. The number of fused-ring (bicyclic) bond motifs is 1. The highest BCUT2D eigenvalue weighted by Crippen LogP contribution is 2.20. The fraction of sp³-hybridized carbons (Fsp3) is 0.500. The van der Waals surface area contributed by atoms with Crippen molar-refractivity contribution in [2.24, 2.45) is 7.05 Å². The molecule has 1 aliphatic rings. The zero-order valence-corrected chi connectivity index (χ0v) is 12.8. The maximum absolute atomic E-state index is 10.2. The van der Waals surface area contributed by atoms with Crippen LogP contribution in [0.1, 0.15) is 11.1 Å². The largest absolute Gasteiger partial charge is 0.391 e. The lowest BCUT2D eigenvalue weighted by molar-refractivity contribution is 0.122. The van der Waals surface area contributed by atoms with E-state index in [0.717, 1.165) is 24.7 Å². The average molecular weight is 305 g/mol. The molecule has 0 amide bonds. The molecule has 112 valence electrons. The predicted octanol–water partition coefficient (Wildman–Crippen LogP) is 0.721. The van der Waals surface area contributed by atoms with E-state index in [-0.39, 0.29) is 6.10 Å². The Balaban J connectivity index is 1.50. The molecule has 21 heavy (non-hydrogen) atoms. The van der Waals surface area contributed by atoms with Gasteiger partial charge in [-0.1, -0.05) is 36.0 Å². The molecule has 3 rings (SSSR count). The average Bonchev–Trinajstić information content (AvgIpc) is 2.90. The van der Waals surface area contributed by atoms with Crippen LogP contribution in [-0.4, -0.2) is 55.2 Å². The Morgan fingerprint density at radius 1 is 1.33 bits per heavy atom. The van der Waals surface area contributed by atoms with Crippen molar-refractivity contribution in [1.29, 1.82) is 0 Å². The summed E-state index contributed by atoms with van der Waals surface area (Å²) in [5.41, 5.74) is 2.81. The number of aromatic nitrogens is 4. The van der Waals surface area contributed by atoms with Gasteiger partial charge in [0, 0.05) is 32.4 Å². The number of β-amino-alcohol motifs (C(OH)–C–C–N with tert-alkyl or cyclic N) is 1. The van der Waals surface area contributed by atoms with Crippen molar-refractivity contribution in [3.05, 3.63) is 35.4 Å². The van der Waals surface area contributed by atoms with E-state index in [2.05, 4.69) is 44.7 Å². The number of aryl methyl sites for hydroxylation is 1. The molecule has 1 atom stereocenters. The standard InChI is InChI=1S/C14H19N5OS/c1-18-14(15-16-17-18)21-10-13(20)9-19-7-6-11-4-2-3-5-12(11)8-19/h2-5,13,20H,6-10H2,1H3. The van der Waals surface area contributed by atoms with Crippen LogP contribution >= 0.6 is 11.8 Å². The Bertz CT molecular complexity index is 603. The van der Waals surface area contributed by atoms with E-state index in [1.54, 1.807) is 11.7 Å². The van der Waals surface area contributed by atoms with Gasteiger partial charge in [-0.3, -0.25) is 4.90 Å².